The van der Waals surface area contributed by atoms with Crippen LogP contribution in [0.25, 0.3) is 0 Å². The van der Waals surface area contributed by atoms with Crippen LogP contribution in [0.5, 0.6) is 5.75 Å². The summed E-state index contributed by atoms with van der Waals surface area (Å²) in [6.45, 7) is 1.85. The average molecular weight is 340 g/mol. The van der Waals surface area contributed by atoms with Crippen molar-refractivity contribution in [1.82, 2.24) is 0 Å². The van der Waals surface area contributed by atoms with Crippen molar-refractivity contribution in [3.05, 3.63) is 40.1 Å². The molecule has 0 spiro atoms. The maximum absolute atomic E-state index is 12.3. The number of hydrogen-bond acceptors (Lipinski definition) is 5. The molecule has 0 atom stereocenters. The Kier molecular flexibility index (Phi) is 4.72. The van der Waals surface area contributed by atoms with Crippen molar-refractivity contribution in [2.24, 2.45) is 0 Å². The van der Waals surface area contributed by atoms with Crippen LogP contribution in [0.3, 0.4) is 0 Å². The Morgan fingerprint density at radius 2 is 1.95 bits per heavy atom. The Morgan fingerprint density at radius 3 is 2.59 bits per heavy atom. The molecule has 22 heavy (non-hydrogen) atoms. The number of amides is 1. The normalized spacial score (nSPS) is 11.0. The van der Waals surface area contributed by atoms with Gasteiger partial charge in [-0.25, -0.2) is 8.42 Å². The highest BCUT2D eigenvalue weighted by Crippen LogP contribution is 2.28. The van der Waals surface area contributed by atoms with Crippen LogP contribution in [0, 0.1) is 6.92 Å². The van der Waals surface area contributed by atoms with E-state index in [1.807, 2.05) is 6.92 Å². The van der Waals surface area contributed by atoms with E-state index in [-0.39, 0.29) is 5.91 Å². The van der Waals surface area contributed by atoms with Crippen molar-refractivity contribution in [2.75, 3.05) is 23.4 Å². The van der Waals surface area contributed by atoms with Crippen LogP contribution in [0.1, 0.15) is 15.2 Å². The zero-order chi connectivity index (χ0) is 16.3. The van der Waals surface area contributed by atoms with E-state index in [0.29, 0.717) is 22.0 Å². The molecule has 0 unspecified atom stereocenters. The molecule has 0 fully saturated rings. The van der Waals surface area contributed by atoms with Crippen molar-refractivity contribution < 1.29 is 17.9 Å². The third-order valence-electron chi connectivity index (χ3n) is 2.77. The average Bonchev–Trinajstić information content (AvgIpc) is 2.89. The first kappa shape index (κ1) is 16.3. The van der Waals surface area contributed by atoms with Gasteiger partial charge in [0.05, 0.1) is 24.7 Å². The van der Waals surface area contributed by atoms with Gasteiger partial charge in [0.25, 0.3) is 5.91 Å². The fraction of sp³-hybridized carbons (Fsp3) is 0.214. The summed E-state index contributed by atoms with van der Waals surface area (Å²) >= 11 is 1.25. The molecule has 1 heterocycles. The number of thiophene rings is 1. The van der Waals surface area contributed by atoms with Gasteiger partial charge in [0.1, 0.15) is 10.6 Å². The summed E-state index contributed by atoms with van der Waals surface area (Å²) in [5, 5.41) is 4.47. The molecule has 1 aromatic carbocycles. The first-order valence-electron chi connectivity index (χ1n) is 6.31. The molecule has 118 valence electrons. The standard InChI is InChI=1S/C14H16N2O4S2/c1-9-4-5-10(16-22(3,18)19)11(8-9)15-14(17)13-12(20-2)6-7-21-13/h4-8,16H,1-3H3,(H,15,17). The second kappa shape index (κ2) is 6.37. The molecule has 2 N–H and O–H groups in total. The van der Waals surface area contributed by atoms with E-state index >= 15 is 0 Å². The summed E-state index contributed by atoms with van der Waals surface area (Å²) < 4.78 is 30.3. The van der Waals surface area contributed by atoms with Crippen molar-refractivity contribution in [2.45, 2.75) is 6.92 Å². The van der Waals surface area contributed by atoms with Crippen LogP contribution in [-0.4, -0.2) is 27.7 Å². The second-order valence-corrected chi connectivity index (χ2v) is 7.36. The number of carbonyl (C=O) groups excluding carboxylic acids is 1. The lowest BCUT2D eigenvalue weighted by Crippen LogP contribution is -2.16. The summed E-state index contributed by atoms with van der Waals surface area (Å²) in [4.78, 5) is 12.8. The molecule has 0 aliphatic heterocycles. The summed E-state index contributed by atoms with van der Waals surface area (Å²) in [5.41, 5.74) is 1.61. The van der Waals surface area contributed by atoms with Gasteiger partial charge in [0.2, 0.25) is 10.0 Å². The molecule has 0 saturated carbocycles. The monoisotopic (exact) mass is 340 g/mol. The Bertz CT molecular complexity index is 797. The number of carbonyl (C=O) groups is 1. The second-order valence-electron chi connectivity index (χ2n) is 4.70. The molecule has 0 radical (unpaired) electrons. The minimum Gasteiger partial charge on any atom is -0.495 e. The van der Waals surface area contributed by atoms with Crippen LogP contribution < -0.4 is 14.8 Å². The zero-order valence-electron chi connectivity index (χ0n) is 12.3. The Morgan fingerprint density at radius 1 is 1.23 bits per heavy atom. The van der Waals surface area contributed by atoms with Crippen LogP contribution in [0.15, 0.2) is 29.6 Å². The molecule has 0 aliphatic rings. The van der Waals surface area contributed by atoms with Crippen LogP contribution >= 0.6 is 11.3 Å². The molecule has 1 aromatic heterocycles. The third-order valence-corrected chi connectivity index (χ3v) is 4.26. The highest BCUT2D eigenvalue weighted by atomic mass is 32.2. The van der Waals surface area contributed by atoms with Crippen molar-refractivity contribution in [3.8, 4) is 5.75 Å². The molecule has 2 rings (SSSR count). The fourth-order valence-electron chi connectivity index (χ4n) is 1.85. The molecule has 0 aliphatic carbocycles. The van der Waals surface area contributed by atoms with Crippen LogP contribution in [0.4, 0.5) is 11.4 Å². The van der Waals surface area contributed by atoms with Gasteiger partial charge in [0.15, 0.2) is 0 Å². The number of rotatable bonds is 5. The molecular weight excluding hydrogens is 324 g/mol. The van der Waals surface area contributed by atoms with E-state index < -0.39 is 10.0 Å². The first-order chi connectivity index (χ1) is 10.3. The van der Waals surface area contributed by atoms with E-state index in [2.05, 4.69) is 10.0 Å². The predicted octanol–water partition coefficient (Wildman–Crippen LogP) is 2.69. The van der Waals surface area contributed by atoms with Crippen LogP contribution in [0.2, 0.25) is 0 Å². The predicted molar refractivity (Wildman–Crippen MR) is 88.5 cm³/mol. The van der Waals surface area contributed by atoms with Gasteiger partial charge >= 0.3 is 0 Å². The molecule has 6 nitrogen and oxygen atoms in total. The van der Waals surface area contributed by atoms with Crippen LogP contribution in [-0.2, 0) is 10.0 Å². The minimum atomic E-state index is -3.44. The molecule has 0 bridgehead atoms. The van der Waals surface area contributed by atoms with Gasteiger partial charge in [-0.05, 0) is 36.1 Å². The summed E-state index contributed by atoms with van der Waals surface area (Å²) in [6.07, 6.45) is 1.06. The fourth-order valence-corrected chi connectivity index (χ4v) is 3.18. The summed E-state index contributed by atoms with van der Waals surface area (Å²) in [5.74, 6) is 0.127. The molecule has 1 amide bonds. The number of methoxy groups -OCH3 is 1. The lowest BCUT2D eigenvalue weighted by molar-refractivity contribution is 0.102. The maximum atomic E-state index is 12.3. The summed E-state index contributed by atoms with van der Waals surface area (Å²) in [6, 6.07) is 6.77. The Labute approximate surface area is 133 Å². The van der Waals surface area contributed by atoms with E-state index in [4.69, 9.17) is 4.74 Å². The largest absolute Gasteiger partial charge is 0.495 e. The Hall–Kier alpha value is -2.06. The summed E-state index contributed by atoms with van der Waals surface area (Å²) in [7, 11) is -1.95. The smallest absolute Gasteiger partial charge is 0.269 e. The van der Waals surface area contributed by atoms with Gasteiger partial charge < -0.3 is 10.1 Å². The molecule has 0 saturated heterocycles. The van der Waals surface area contributed by atoms with Crippen molar-refractivity contribution in [3.63, 3.8) is 0 Å². The first-order valence-corrected chi connectivity index (χ1v) is 9.08. The highest BCUT2D eigenvalue weighted by molar-refractivity contribution is 7.92. The van der Waals surface area contributed by atoms with E-state index in [0.717, 1.165) is 11.8 Å². The lowest BCUT2D eigenvalue weighted by Gasteiger charge is -2.13. The zero-order valence-corrected chi connectivity index (χ0v) is 14.0. The lowest BCUT2D eigenvalue weighted by atomic mass is 10.2. The highest BCUT2D eigenvalue weighted by Gasteiger charge is 2.16. The van der Waals surface area contributed by atoms with E-state index in [1.165, 1.54) is 18.4 Å². The number of anilines is 2. The number of sulfonamides is 1. The molecule has 8 heteroatoms. The van der Waals surface area contributed by atoms with E-state index in [9.17, 15) is 13.2 Å². The topological polar surface area (TPSA) is 84.5 Å². The van der Waals surface area contributed by atoms with Gasteiger partial charge in [-0.2, -0.15) is 0 Å². The molecular formula is C14H16N2O4S2. The number of ether oxygens (including phenoxy) is 1. The van der Waals surface area contributed by atoms with E-state index in [1.54, 1.807) is 29.6 Å². The minimum absolute atomic E-state index is 0.317. The van der Waals surface area contributed by atoms with Crippen molar-refractivity contribution in [1.29, 1.82) is 0 Å². The Balaban J connectivity index is 2.32. The quantitative estimate of drug-likeness (QED) is 0.876. The molecule has 2 aromatic rings. The van der Waals surface area contributed by atoms with Gasteiger partial charge in [-0.1, -0.05) is 6.07 Å². The number of hydrogen-bond donors (Lipinski definition) is 2. The number of benzene rings is 1. The SMILES string of the molecule is COc1ccsc1C(=O)Nc1cc(C)ccc1NS(C)(=O)=O. The number of nitrogens with one attached hydrogen (secondary N) is 2. The third kappa shape index (κ3) is 3.99. The van der Waals surface area contributed by atoms with Gasteiger partial charge in [-0.15, -0.1) is 11.3 Å². The van der Waals surface area contributed by atoms with Gasteiger partial charge in [-0.3, -0.25) is 9.52 Å². The number of aryl methyl sites for hydroxylation is 1. The maximum Gasteiger partial charge on any atom is 0.269 e. The van der Waals surface area contributed by atoms with Gasteiger partial charge in [0, 0.05) is 0 Å². The van der Waals surface area contributed by atoms with Crippen molar-refractivity contribution >= 4 is 38.6 Å².